The Kier molecular flexibility index (Phi) is 5.85. The second-order valence-electron chi connectivity index (χ2n) is 5.32. The van der Waals surface area contributed by atoms with Gasteiger partial charge in [-0.25, -0.2) is 0 Å². The van der Waals surface area contributed by atoms with Gasteiger partial charge in [0.15, 0.2) is 0 Å². The van der Waals surface area contributed by atoms with E-state index in [1.165, 1.54) is 0 Å². The van der Waals surface area contributed by atoms with Crippen molar-refractivity contribution in [1.29, 1.82) is 0 Å². The molecule has 1 aliphatic heterocycles. The standard InChI is InChI=1S/C15H22ClN3O2/c1-21-14-4-2-3-13(16)12(14)9-18-11-5-7-19(8-6-11)10-15(17)20/h2-4,11,18H,5-10H2,1H3,(H2,17,20). The van der Waals surface area contributed by atoms with E-state index in [4.69, 9.17) is 22.1 Å². The van der Waals surface area contributed by atoms with Crippen LogP contribution in [-0.4, -0.2) is 43.6 Å². The molecule has 6 heteroatoms. The molecule has 0 saturated carbocycles. The zero-order valence-electron chi connectivity index (χ0n) is 12.3. The van der Waals surface area contributed by atoms with Gasteiger partial charge < -0.3 is 15.8 Å². The fourth-order valence-corrected chi connectivity index (χ4v) is 2.90. The number of rotatable bonds is 6. The van der Waals surface area contributed by atoms with Crippen LogP contribution in [0.2, 0.25) is 5.02 Å². The maximum absolute atomic E-state index is 10.9. The minimum atomic E-state index is -0.262. The van der Waals surface area contributed by atoms with E-state index in [2.05, 4.69) is 10.2 Å². The lowest BCUT2D eigenvalue weighted by Crippen LogP contribution is -2.45. The number of methoxy groups -OCH3 is 1. The number of amides is 1. The van der Waals surface area contributed by atoms with Gasteiger partial charge in [-0.05, 0) is 25.0 Å². The van der Waals surface area contributed by atoms with Crippen molar-refractivity contribution < 1.29 is 9.53 Å². The summed E-state index contributed by atoms with van der Waals surface area (Å²) in [6, 6.07) is 6.09. The number of likely N-dealkylation sites (tertiary alicyclic amines) is 1. The highest BCUT2D eigenvalue weighted by molar-refractivity contribution is 6.31. The molecule has 0 atom stereocenters. The summed E-state index contributed by atoms with van der Waals surface area (Å²) in [6.45, 7) is 2.81. The second kappa shape index (κ2) is 7.64. The molecule has 1 fully saturated rings. The van der Waals surface area contributed by atoms with E-state index in [-0.39, 0.29) is 5.91 Å². The zero-order valence-corrected chi connectivity index (χ0v) is 13.0. The Labute approximate surface area is 130 Å². The quantitative estimate of drug-likeness (QED) is 0.833. The predicted molar refractivity (Wildman–Crippen MR) is 83.5 cm³/mol. The SMILES string of the molecule is COc1cccc(Cl)c1CNC1CCN(CC(N)=O)CC1. The van der Waals surface area contributed by atoms with Crippen LogP contribution in [0.5, 0.6) is 5.75 Å². The summed E-state index contributed by atoms with van der Waals surface area (Å²) in [7, 11) is 1.65. The Balaban J connectivity index is 1.84. The fourth-order valence-electron chi connectivity index (χ4n) is 2.66. The summed E-state index contributed by atoms with van der Waals surface area (Å²) < 4.78 is 5.34. The number of carbonyl (C=O) groups is 1. The third-order valence-corrected chi connectivity index (χ3v) is 4.18. The lowest BCUT2D eigenvalue weighted by Gasteiger charge is -2.31. The lowest BCUT2D eigenvalue weighted by molar-refractivity contribution is -0.119. The largest absolute Gasteiger partial charge is 0.496 e. The molecule has 1 amide bonds. The minimum absolute atomic E-state index is 0.262. The summed E-state index contributed by atoms with van der Waals surface area (Å²) >= 11 is 6.23. The Hall–Kier alpha value is -1.30. The minimum Gasteiger partial charge on any atom is -0.496 e. The number of nitrogens with one attached hydrogen (secondary N) is 1. The number of piperidine rings is 1. The zero-order chi connectivity index (χ0) is 15.2. The molecule has 1 aromatic carbocycles. The third-order valence-electron chi connectivity index (χ3n) is 3.83. The molecule has 0 aliphatic carbocycles. The summed E-state index contributed by atoms with van der Waals surface area (Å²) in [5.74, 6) is 0.545. The predicted octanol–water partition coefficient (Wildman–Crippen LogP) is 1.39. The number of nitrogens with zero attached hydrogens (tertiary/aromatic N) is 1. The molecule has 0 aromatic heterocycles. The molecule has 21 heavy (non-hydrogen) atoms. The van der Waals surface area contributed by atoms with Crippen molar-refractivity contribution in [1.82, 2.24) is 10.2 Å². The number of halogens is 1. The van der Waals surface area contributed by atoms with Crippen LogP contribution in [-0.2, 0) is 11.3 Å². The van der Waals surface area contributed by atoms with Crippen molar-refractivity contribution in [2.24, 2.45) is 5.73 Å². The molecule has 1 heterocycles. The van der Waals surface area contributed by atoms with Gasteiger partial charge in [0.05, 0.1) is 13.7 Å². The van der Waals surface area contributed by atoms with E-state index in [1.54, 1.807) is 7.11 Å². The average molecular weight is 312 g/mol. The van der Waals surface area contributed by atoms with Gasteiger partial charge in [0, 0.05) is 36.3 Å². The summed E-state index contributed by atoms with van der Waals surface area (Å²) in [5.41, 5.74) is 6.20. The van der Waals surface area contributed by atoms with E-state index in [0.29, 0.717) is 24.2 Å². The van der Waals surface area contributed by atoms with Gasteiger partial charge in [-0.1, -0.05) is 17.7 Å². The number of hydrogen-bond donors (Lipinski definition) is 2. The van der Waals surface area contributed by atoms with Crippen LogP contribution in [0.15, 0.2) is 18.2 Å². The molecule has 0 spiro atoms. The van der Waals surface area contributed by atoms with Crippen molar-refractivity contribution in [3.63, 3.8) is 0 Å². The van der Waals surface area contributed by atoms with E-state index in [1.807, 2.05) is 18.2 Å². The van der Waals surface area contributed by atoms with E-state index in [0.717, 1.165) is 37.2 Å². The Morgan fingerprint density at radius 3 is 2.81 bits per heavy atom. The number of carbonyl (C=O) groups excluding carboxylic acids is 1. The lowest BCUT2D eigenvalue weighted by atomic mass is 10.0. The molecule has 5 nitrogen and oxygen atoms in total. The van der Waals surface area contributed by atoms with Crippen LogP contribution < -0.4 is 15.8 Å². The fraction of sp³-hybridized carbons (Fsp3) is 0.533. The maximum atomic E-state index is 10.9. The molecule has 0 radical (unpaired) electrons. The smallest absolute Gasteiger partial charge is 0.231 e. The number of hydrogen-bond acceptors (Lipinski definition) is 4. The van der Waals surface area contributed by atoms with Crippen LogP contribution in [0.25, 0.3) is 0 Å². The first-order chi connectivity index (χ1) is 10.1. The highest BCUT2D eigenvalue weighted by atomic mass is 35.5. The number of primary amides is 1. The van der Waals surface area contributed by atoms with Crippen molar-refractivity contribution in [2.75, 3.05) is 26.7 Å². The first-order valence-electron chi connectivity index (χ1n) is 7.15. The van der Waals surface area contributed by atoms with Crippen LogP contribution in [0.3, 0.4) is 0 Å². The molecule has 1 aromatic rings. The van der Waals surface area contributed by atoms with Crippen molar-refractivity contribution in [3.05, 3.63) is 28.8 Å². The summed E-state index contributed by atoms with van der Waals surface area (Å²) in [6.07, 6.45) is 2.00. The van der Waals surface area contributed by atoms with Gasteiger partial charge in [-0.3, -0.25) is 9.69 Å². The van der Waals surface area contributed by atoms with Gasteiger partial charge in [0.1, 0.15) is 5.75 Å². The Morgan fingerprint density at radius 2 is 2.19 bits per heavy atom. The van der Waals surface area contributed by atoms with Crippen LogP contribution in [0.1, 0.15) is 18.4 Å². The van der Waals surface area contributed by atoms with E-state index in [9.17, 15) is 4.79 Å². The molecule has 3 N–H and O–H groups in total. The molecule has 1 aliphatic rings. The van der Waals surface area contributed by atoms with Gasteiger partial charge in [-0.15, -0.1) is 0 Å². The highest BCUT2D eigenvalue weighted by Crippen LogP contribution is 2.26. The molecule has 0 bridgehead atoms. The number of nitrogens with two attached hydrogens (primary N) is 1. The monoisotopic (exact) mass is 311 g/mol. The Morgan fingerprint density at radius 1 is 1.48 bits per heavy atom. The second-order valence-corrected chi connectivity index (χ2v) is 5.73. The van der Waals surface area contributed by atoms with Crippen LogP contribution in [0, 0.1) is 0 Å². The average Bonchev–Trinajstić information content (AvgIpc) is 2.46. The normalized spacial score (nSPS) is 16.9. The van der Waals surface area contributed by atoms with Gasteiger partial charge >= 0.3 is 0 Å². The topological polar surface area (TPSA) is 67.6 Å². The molecular weight excluding hydrogens is 290 g/mol. The number of benzene rings is 1. The molecule has 0 unspecified atom stereocenters. The van der Waals surface area contributed by atoms with E-state index >= 15 is 0 Å². The Bertz CT molecular complexity index is 488. The maximum Gasteiger partial charge on any atom is 0.231 e. The van der Waals surface area contributed by atoms with E-state index < -0.39 is 0 Å². The van der Waals surface area contributed by atoms with Crippen molar-refractivity contribution >= 4 is 17.5 Å². The van der Waals surface area contributed by atoms with Crippen LogP contribution >= 0.6 is 11.6 Å². The van der Waals surface area contributed by atoms with Gasteiger partial charge in [0.25, 0.3) is 0 Å². The summed E-state index contributed by atoms with van der Waals surface area (Å²) in [4.78, 5) is 13.0. The molecule has 2 rings (SSSR count). The summed E-state index contributed by atoms with van der Waals surface area (Å²) in [5, 5.41) is 4.24. The molecular formula is C15H22ClN3O2. The molecule has 116 valence electrons. The highest BCUT2D eigenvalue weighted by Gasteiger charge is 2.20. The number of ether oxygens (including phenoxy) is 1. The first-order valence-corrected chi connectivity index (χ1v) is 7.53. The van der Waals surface area contributed by atoms with Gasteiger partial charge in [0.2, 0.25) is 5.91 Å². The van der Waals surface area contributed by atoms with Crippen molar-refractivity contribution in [3.8, 4) is 5.75 Å². The third kappa shape index (κ3) is 4.59. The first kappa shape index (κ1) is 16.1. The molecule has 1 saturated heterocycles. The van der Waals surface area contributed by atoms with Crippen molar-refractivity contribution in [2.45, 2.75) is 25.4 Å². The van der Waals surface area contributed by atoms with Gasteiger partial charge in [-0.2, -0.15) is 0 Å². The van der Waals surface area contributed by atoms with Crippen LogP contribution in [0.4, 0.5) is 0 Å².